The van der Waals surface area contributed by atoms with E-state index in [-0.39, 0.29) is 16.6 Å². The minimum Gasteiger partial charge on any atom is -0.396 e. The van der Waals surface area contributed by atoms with Gasteiger partial charge in [-0.2, -0.15) is 0 Å². The maximum atomic E-state index is 13.4. The van der Waals surface area contributed by atoms with E-state index in [1.165, 1.54) is 12.1 Å². The molecule has 2 atom stereocenters. The van der Waals surface area contributed by atoms with Crippen molar-refractivity contribution < 1.29 is 12.8 Å². The highest BCUT2D eigenvalue weighted by molar-refractivity contribution is 7.89. The zero-order valence-electron chi connectivity index (χ0n) is 11.8. The normalized spacial score (nSPS) is 27.4. The van der Waals surface area contributed by atoms with Crippen molar-refractivity contribution in [3.05, 3.63) is 24.0 Å². The average molecular weight is 300 g/mol. The van der Waals surface area contributed by atoms with Crippen molar-refractivity contribution in [3.8, 4) is 0 Å². The van der Waals surface area contributed by atoms with Crippen LogP contribution in [0.2, 0.25) is 0 Å². The molecule has 1 aromatic rings. The smallest absolute Gasteiger partial charge is 0.240 e. The Kier molecular flexibility index (Phi) is 4.34. The summed E-state index contributed by atoms with van der Waals surface area (Å²) in [7, 11) is -3.69. The summed E-state index contributed by atoms with van der Waals surface area (Å²) < 4.78 is 40.6. The van der Waals surface area contributed by atoms with Crippen molar-refractivity contribution in [2.75, 3.05) is 5.73 Å². The third kappa shape index (κ3) is 3.49. The van der Waals surface area contributed by atoms with Crippen molar-refractivity contribution in [3.63, 3.8) is 0 Å². The number of hydrogen-bond donors (Lipinski definition) is 2. The predicted octanol–water partition coefficient (Wildman–Crippen LogP) is 2.51. The van der Waals surface area contributed by atoms with Crippen molar-refractivity contribution in [2.45, 2.75) is 44.0 Å². The summed E-state index contributed by atoms with van der Waals surface area (Å²) in [5.41, 5.74) is 5.31. The van der Waals surface area contributed by atoms with E-state index in [2.05, 4.69) is 18.6 Å². The molecule has 112 valence electrons. The molecule has 1 saturated carbocycles. The van der Waals surface area contributed by atoms with Gasteiger partial charge in [0.05, 0.1) is 10.6 Å². The molecule has 0 aromatic heterocycles. The van der Waals surface area contributed by atoms with Crippen LogP contribution in [0.25, 0.3) is 0 Å². The van der Waals surface area contributed by atoms with E-state index in [4.69, 9.17) is 5.73 Å². The number of nitrogens with one attached hydrogen (secondary N) is 1. The minimum atomic E-state index is -3.69. The molecular weight excluding hydrogens is 279 g/mol. The van der Waals surface area contributed by atoms with E-state index < -0.39 is 15.8 Å². The Balaban J connectivity index is 2.16. The molecule has 0 amide bonds. The summed E-state index contributed by atoms with van der Waals surface area (Å²) in [6.45, 7) is 4.25. The summed E-state index contributed by atoms with van der Waals surface area (Å²) in [6, 6.07) is 3.49. The van der Waals surface area contributed by atoms with Gasteiger partial charge in [0, 0.05) is 6.04 Å². The van der Waals surface area contributed by atoms with Gasteiger partial charge >= 0.3 is 0 Å². The van der Waals surface area contributed by atoms with Gasteiger partial charge in [-0.05, 0) is 49.3 Å². The molecule has 1 aliphatic carbocycles. The molecule has 0 radical (unpaired) electrons. The van der Waals surface area contributed by atoms with Gasteiger partial charge in [0.15, 0.2) is 0 Å². The van der Waals surface area contributed by atoms with E-state index in [1.54, 1.807) is 0 Å². The van der Waals surface area contributed by atoms with E-state index in [0.29, 0.717) is 11.8 Å². The molecule has 1 aromatic carbocycles. The van der Waals surface area contributed by atoms with Crippen LogP contribution in [0.15, 0.2) is 23.1 Å². The molecule has 1 fully saturated rings. The van der Waals surface area contributed by atoms with Crippen LogP contribution < -0.4 is 10.5 Å². The maximum Gasteiger partial charge on any atom is 0.240 e. The SMILES string of the molecule is CC1CC(C)CC(NS(=O)(=O)c2ccc(N)c(F)c2)C1. The van der Waals surface area contributed by atoms with E-state index >= 15 is 0 Å². The Morgan fingerprint density at radius 1 is 1.20 bits per heavy atom. The molecule has 2 rings (SSSR count). The van der Waals surface area contributed by atoms with Crippen molar-refractivity contribution >= 4 is 15.7 Å². The third-order valence-corrected chi connectivity index (χ3v) is 5.30. The fraction of sp³-hybridized carbons (Fsp3) is 0.571. The molecule has 4 nitrogen and oxygen atoms in total. The van der Waals surface area contributed by atoms with Gasteiger partial charge in [-0.1, -0.05) is 13.8 Å². The number of hydrogen-bond acceptors (Lipinski definition) is 3. The summed E-state index contributed by atoms with van der Waals surface area (Å²) in [5.74, 6) is 0.280. The summed E-state index contributed by atoms with van der Waals surface area (Å²) in [4.78, 5) is -0.0740. The highest BCUT2D eigenvalue weighted by Crippen LogP contribution is 2.29. The maximum absolute atomic E-state index is 13.4. The first-order valence-electron chi connectivity index (χ1n) is 6.85. The average Bonchev–Trinajstić information content (AvgIpc) is 2.30. The molecule has 0 saturated heterocycles. The lowest BCUT2D eigenvalue weighted by Gasteiger charge is -2.31. The number of rotatable bonds is 3. The Labute approximate surface area is 119 Å². The zero-order valence-corrected chi connectivity index (χ0v) is 12.6. The van der Waals surface area contributed by atoms with Crippen LogP contribution in [-0.2, 0) is 10.0 Å². The van der Waals surface area contributed by atoms with Crippen LogP contribution in [0.4, 0.5) is 10.1 Å². The first-order valence-corrected chi connectivity index (χ1v) is 8.33. The molecule has 20 heavy (non-hydrogen) atoms. The quantitative estimate of drug-likeness (QED) is 0.843. The van der Waals surface area contributed by atoms with Gasteiger partial charge in [0.25, 0.3) is 0 Å². The Hall–Kier alpha value is -1.14. The molecule has 1 aliphatic rings. The van der Waals surface area contributed by atoms with Crippen molar-refractivity contribution in [1.29, 1.82) is 0 Å². The molecule has 0 heterocycles. The zero-order chi connectivity index (χ0) is 14.9. The molecule has 6 heteroatoms. The van der Waals surface area contributed by atoms with Crippen LogP contribution in [0.1, 0.15) is 33.1 Å². The van der Waals surface area contributed by atoms with Gasteiger partial charge in [-0.15, -0.1) is 0 Å². The fourth-order valence-electron chi connectivity index (χ4n) is 3.01. The lowest BCUT2D eigenvalue weighted by atomic mass is 9.81. The number of nitrogens with two attached hydrogens (primary N) is 1. The van der Waals surface area contributed by atoms with Gasteiger partial charge in [-0.3, -0.25) is 0 Å². The van der Waals surface area contributed by atoms with Crippen LogP contribution in [0.3, 0.4) is 0 Å². The largest absolute Gasteiger partial charge is 0.396 e. The van der Waals surface area contributed by atoms with E-state index in [9.17, 15) is 12.8 Å². The van der Waals surface area contributed by atoms with Crippen molar-refractivity contribution in [2.24, 2.45) is 11.8 Å². The fourth-order valence-corrected chi connectivity index (χ4v) is 4.28. The number of benzene rings is 1. The number of halogens is 1. The topological polar surface area (TPSA) is 72.2 Å². The second-order valence-electron chi connectivity index (χ2n) is 5.92. The molecule has 2 unspecified atom stereocenters. The van der Waals surface area contributed by atoms with Crippen LogP contribution in [-0.4, -0.2) is 14.5 Å². The van der Waals surface area contributed by atoms with Crippen LogP contribution in [0.5, 0.6) is 0 Å². The van der Waals surface area contributed by atoms with Gasteiger partial charge < -0.3 is 5.73 Å². The van der Waals surface area contributed by atoms with Crippen LogP contribution in [0, 0.1) is 17.7 Å². The summed E-state index contributed by atoms with van der Waals surface area (Å²) in [6.07, 6.45) is 2.76. The number of nitrogen functional groups attached to an aromatic ring is 1. The molecule has 0 bridgehead atoms. The molecule has 0 aliphatic heterocycles. The van der Waals surface area contributed by atoms with Crippen molar-refractivity contribution in [1.82, 2.24) is 4.72 Å². The Morgan fingerprint density at radius 3 is 2.35 bits per heavy atom. The van der Waals surface area contributed by atoms with Gasteiger partial charge in [-0.25, -0.2) is 17.5 Å². The highest BCUT2D eigenvalue weighted by Gasteiger charge is 2.28. The summed E-state index contributed by atoms with van der Waals surface area (Å²) >= 11 is 0. The highest BCUT2D eigenvalue weighted by atomic mass is 32.2. The molecular formula is C14H21FN2O2S. The number of sulfonamides is 1. The molecule has 0 spiro atoms. The second-order valence-corrected chi connectivity index (χ2v) is 7.63. The van der Waals surface area contributed by atoms with E-state index in [0.717, 1.165) is 25.3 Å². The monoisotopic (exact) mass is 300 g/mol. The van der Waals surface area contributed by atoms with E-state index in [1.807, 2.05) is 0 Å². The second kappa shape index (κ2) is 5.69. The molecule has 3 N–H and O–H groups in total. The van der Waals surface area contributed by atoms with Crippen LogP contribution >= 0.6 is 0 Å². The lowest BCUT2D eigenvalue weighted by Crippen LogP contribution is -2.40. The predicted molar refractivity (Wildman–Crippen MR) is 77.1 cm³/mol. The first-order chi connectivity index (χ1) is 9.28. The van der Waals surface area contributed by atoms with Gasteiger partial charge in [0.1, 0.15) is 5.82 Å². The Morgan fingerprint density at radius 2 is 1.80 bits per heavy atom. The third-order valence-electron chi connectivity index (χ3n) is 3.78. The minimum absolute atomic E-state index is 0.0520. The standard InChI is InChI=1S/C14H21FN2O2S/c1-9-5-10(2)7-11(6-9)17-20(18,19)12-3-4-14(16)13(15)8-12/h3-4,8-11,17H,5-7,16H2,1-2H3. The summed E-state index contributed by atoms with van der Waals surface area (Å²) in [5, 5.41) is 0. The first kappa shape index (κ1) is 15.3. The van der Waals surface area contributed by atoms with Gasteiger partial charge in [0.2, 0.25) is 10.0 Å². The Bertz CT molecular complexity index is 579. The number of anilines is 1. The lowest BCUT2D eigenvalue weighted by molar-refractivity contribution is 0.257.